The number of anilines is 1. The van der Waals surface area contributed by atoms with Crippen LogP contribution < -0.4 is 11.1 Å². The zero-order valence-electron chi connectivity index (χ0n) is 10.6. The van der Waals surface area contributed by atoms with Crippen molar-refractivity contribution >= 4 is 17.6 Å². The highest BCUT2D eigenvalue weighted by Crippen LogP contribution is 2.08. The van der Waals surface area contributed by atoms with Crippen LogP contribution in [0.3, 0.4) is 0 Å². The lowest BCUT2D eigenvalue weighted by atomic mass is 10.3. The van der Waals surface area contributed by atoms with E-state index in [4.69, 9.17) is 5.73 Å². The number of nitrogen functional groups attached to an aromatic ring is 1. The van der Waals surface area contributed by atoms with E-state index in [0.29, 0.717) is 6.54 Å². The van der Waals surface area contributed by atoms with Gasteiger partial charge in [0.05, 0.1) is 6.54 Å². The van der Waals surface area contributed by atoms with E-state index in [1.807, 2.05) is 13.8 Å². The van der Waals surface area contributed by atoms with Gasteiger partial charge in [0.25, 0.3) is 5.91 Å². The maximum atomic E-state index is 12.0. The maximum absolute atomic E-state index is 12.0. The quantitative estimate of drug-likeness (QED) is 0.742. The van der Waals surface area contributed by atoms with Crippen LogP contribution in [-0.4, -0.2) is 46.2 Å². The molecule has 0 aliphatic rings. The van der Waals surface area contributed by atoms with Crippen molar-refractivity contribution in [3.8, 4) is 0 Å². The number of nitrogens with two attached hydrogens (primary N) is 1. The number of amides is 2. The Morgan fingerprint density at radius 2 is 2.11 bits per heavy atom. The number of aromatic nitrogens is 2. The number of likely N-dealkylation sites (N-methyl/N-ethyl adjacent to an activating group) is 1. The maximum Gasteiger partial charge on any atom is 0.280 e. The van der Waals surface area contributed by atoms with Crippen LogP contribution in [0.1, 0.15) is 31.3 Å². The van der Waals surface area contributed by atoms with E-state index < -0.39 is 5.91 Å². The topological polar surface area (TPSA) is 114 Å². The minimum Gasteiger partial charge on any atom is -0.379 e. The van der Waals surface area contributed by atoms with Crippen LogP contribution in [0.15, 0.2) is 4.63 Å². The summed E-state index contributed by atoms with van der Waals surface area (Å²) in [5.41, 5.74) is 5.36. The molecule has 100 valence electrons. The number of nitrogens with zero attached hydrogens (tertiary/aromatic N) is 3. The molecule has 1 aromatic rings. The van der Waals surface area contributed by atoms with Gasteiger partial charge < -0.3 is 16.0 Å². The molecule has 0 aromatic carbocycles. The van der Waals surface area contributed by atoms with Crippen LogP contribution in [0.2, 0.25) is 0 Å². The molecule has 0 saturated carbocycles. The molecule has 0 fully saturated rings. The summed E-state index contributed by atoms with van der Waals surface area (Å²) in [5, 5.41) is 9.44. The van der Waals surface area contributed by atoms with Gasteiger partial charge >= 0.3 is 0 Å². The Morgan fingerprint density at radius 3 is 2.56 bits per heavy atom. The third-order valence-corrected chi connectivity index (χ3v) is 2.17. The average Bonchev–Trinajstić information content (AvgIpc) is 2.70. The van der Waals surface area contributed by atoms with Gasteiger partial charge in [0.2, 0.25) is 17.4 Å². The molecular weight excluding hydrogens is 238 g/mol. The van der Waals surface area contributed by atoms with Gasteiger partial charge in [-0.15, -0.1) is 0 Å². The minimum absolute atomic E-state index is 0.0186. The summed E-state index contributed by atoms with van der Waals surface area (Å²) in [6.07, 6.45) is 0. The molecule has 0 spiro atoms. The van der Waals surface area contributed by atoms with E-state index in [2.05, 4.69) is 20.3 Å². The van der Waals surface area contributed by atoms with Crippen LogP contribution in [0.4, 0.5) is 5.82 Å². The highest BCUT2D eigenvalue weighted by molar-refractivity contribution is 5.98. The Kier molecular flexibility index (Phi) is 4.64. The van der Waals surface area contributed by atoms with Gasteiger partial charge in [-0.05, 0) is 31.1 Å². The third-order valence-electron chi connectivity index (χ3n) is 2.17. The first kappa shape index (κ1) is 13.9. The standard InChI is InChI=1S/C10H17N5O3/c1-4-15(5-7(16)12-6(2)3)10(17)8-9(11)14-18-13-8/h6H,4-5H2,1-3H3,(H2,11,14)(H,12,16). The monoisotopic (exact) mass is 255 g/mol. The van der Waals surface area contributed by atoms with Crippen LogP contribution in [0.5, 0.6) is 0 Å². The van der Waals surface area contributed by atoms with Crippen molar-refractivity contribution in [2.24, 2.45) is 0 Å². The molecule has 0 radical (unpaired) electrons. The number of carbonyl (C=O) groups is 2. The zero-order valence-corrected chi connectivity index (χ0v) is 10.6. The molecule has 1 heterocycles. The van der Waals surface area contributed by atoms with Crippen molar-refractivity contribution in [2.45, 2.75) is 26.8 Å². The van der Waals surface area contributed by atoms with Gasteiger partial charge in [-0.2, -0.15) is 0 Å². The van der Waals surface area contributed by atoms with Crippen molar-refractivity contribution in [2.75, 3.05) is 18.8 Å². The highest BCUT2D eigenvalue weighted by atomic mass is 16.6. The van der Waals surface area contributed by atoms with E-state index >= 15 is 0 Å². The SMILES string of the molecule is CCN(CC(=O)NC(C)C)C(=O)c1nonc1N. The largest absolute Gasteiger partial charge is 0.379 e. The number of hydrogen-bond donors (Lipinski definition) is 2. The zero-order chi connectivity index (χ0) is 13.7. The summed E-state index contributed by atoms with van der Waals surface area (Å²) >= 11 is 0. The molecule has 1 rings (SSSR count). The van der Waals surface area contributed by atoms with Gasteiger partial charge in [0.15, 0.2) is 0 Å². The van der Waals surface area contributed by atoms with Gasteiger partial charge in [-0.3, -0.25) is 9.59 Å². The molecule has 0 aliphatic carbocycles. The number of rotatable bonds is 5. The molecule has 8 nitrogen and oxygen atoms in total. The van der Waals surface area contributed by atoms with E-state index in [1.54, 1.807) is 6.92 Å². The second kappa shape index (κ2) is 5.99. The predicted molar refractivity (Wildman–Crippen MR) is 63.6 cm³/mol. The van der Waals surface area contributed by atoms with E-state index in [1.165, 1.54) is 4.90 Å². The first-order chi connectivity index (χ1) is 8.45. The molecule has 0 atom stereocenters. The minimum atomic E-state index is -0.477. The first-order valence-electron chi connectivity index (χ1n) is 5.62. The van der Waals surface area contributed by atoms with E-state index in [-0.39, 0.29) is 30.0 Å². The van der Waals surface area contributed by atoms with Crippen molar-refractivity contribution in [3.05, 3.63) is 5.69 Å². The smallest absolute Gasteiger partial charge is 0.280 e. The molecule has 1 aromatic heterocycles. The third kappa shape index (κ3) is 3.44. The molecule has 2 amide bonds. The second-order valence-electron chi connectivity index (χ2n) is 4.04. The lowest BCUT2D eigenvalue weighted by molar-refractivity contribution is -0.122. The van der Waals surface area contributed by atoms with Crippen molar-refractivity contribution in [3.63, 3.8) is 0 Å². The summed E-state index contributed by atoms with van der Waals surface area (Å²) in [4.78, 5) is 24.9. The molecule has 0 bridgehead atoms. The molecular formula is C10H17N5O3. The summed E-state index contributed by atoms with van der Waals surface area (Å²) in [6.45, 7) is 5.74. The summed E-state index contributed by atoms with van der Waals surface area (Å²) in [6, 6.07) is 0.0186. The fourth-order valence-corrected chi connectivity index (χ4v) is 1.36. The lowest BCUT2D eigenvalue weighted by Crippen LogP contribution is -2.42. The van der Waals surface area contributed by atoms with Gasteiger partial charge in [-0.1, -0.05) is 0 Å². The van der Waals surface area contributed by atoms with Crippen LogP contribution in [0.25, 0.3) is 0 Å². The Morgan fingerprint density at radius 1 is 1.44 bits per heavy atom. The van der Waals surface area contributed by atoms with Crippen molar-refractivity contribution in [1.29, 1.82) is 0 Å². The van der Waals surface area contributed by atoms with Crippen LogP contribution >= 0.6 is 0 Å². The summed E-state index contributed by atoms with van der Waals surface area (Å²) in [7, 11) is 0. The number of carbonyl (C=O) groups excluding carboxylic acids is 2. The molecule has 0 saturated heterocycles. The van der Waals surface area contributed by atoms with Crippen LogP contribution in [-0.2, 0) is 4.79 Å². The Bertz CT molecular complexity index is 429. The van der Waals surface area contributed by atoms with Crippen molar-refractivity contribution < 1.29 is 14.2 Å². The summed E-state index contributed by atoms with van der Waals surface area (Å²) in [5.74, 6) is -0.798. The Labute approximate surface area is 104 Å². The fourth-order valence-electron chi connectivity index (χ4n) is 1.36. The Balaban J connectivity index is 2.70. The summed E-state index contributed by atoms with van der Waals surface area (Å²) < 4.78 is 4.36. The number of hydrogen-bond acceptors (Lipinski definition) is 6. The van der Waals surface area contributed by atoms with Gasteiger partial charge in [0.1, 0.15) is 0 Å². The van der Waals surface area contributed by atoms with Crippen LogP contribution in [0, 0.1) is 0 Å². The highest BCUT2D eigenvalue weighted by Gasteiger charge is 2.23. The number of nitrogens with one attached hydrogen (secondary N) is 1. The normalized spacial score (nSPS) is 10.4. The molecule has 3 N–H and O–H groups in total. The predicted octanol–water partition coefficient (Wildman–Crippen LogP) is -0.361. The average molecular weight is 255 g/mol. The molecule has 0 unspecified atom stereocenters. The van der Waals surface area contributed by atoms with Crippen molar-refractivity contribution in [1.82, 2.24) is 20.5 Å². The molecule has 0 aliphatic heterocycles. The fraction of sp³-hybridized carbons (Fsp3) is 0.600. The van der Waals surface area contributed by atoms with Gasteiger partial charge in [0, 0.05) is 12.6 Å². The molecule has 8 heteroatoms. The lowest BCUT2D eigenvalue weighted by Gasteiger charge is -2.19. The molecule has 18 heavy (non-hydrogen) atoms. The second-order valence-corrected chi connectivity index (χ2v) is 4.04. The first-order valence-corrected chi connectivity index (χ1v) is 5.62. The Hall–Kier alpha value is -2.12. The van der Waals surface area contributed by atoms with E-state index in [9.17, 15) is 9.59 Å². The van der Waals surface area contributed by atoms with Gasteiger partial charge in [-0.25, -0.2) is 4.63 Å². The van der Waals surface area contributed by atoms with E-state index in [0.717, 1.165) is 0 Å².